The number of ether oxygens (including phenoxy) is 1. The minimum absolute atomic E-state index is 0.0303. The van der Waals surface area contributed by atoms with Crippen LogP contribution in [0, 0.1) is 0 Å². The largest absolute Gasteiger partial charge is 0.462 e. The number of unbranched alkanes of at least 4 members (excludes halogenated alkanes) is 1. The molecule has 1 aliphatic heterocycles. The van der Waals surface area contributed by atoms with Crippen molar-refractivity contribution >= 4 is 44.5 Å². The second-order valence-corrected chi connectivity index (χ2v) is 11.7. The first kappa shape index (κ1) is 26.9. The normalized spacial score (nSPS) is 15.1. The molecule has 1 amide bonds. The third-order valence-corrected chi connectivity index (χ3v) is 7.53. The van der Waals surface area contributed by atoms with E-state index in [0.717, 1.165) is 28.4 Å². The summed E-state index contributed by atoms with van der Waals surface area (Å²) < 4.78 is 12.1. The summed E-state index contributed by atoms with van der Waals surface area (Å²) >= 11 is 3.44. The summed E-state index contributed by atoms with van der Waals surface area (Å²) in [7, 11) is 0. The molecule has 2 heterocycles. The van der Waals surface area contributed by atoms with Crippen LogP contribution in [-0.4, -0.2) is 18.5 Å². The molecule has 0 aliphatic carbocycles. The highest BCUT2D eigenvalue weighted by molar-refractivity contribution is 9.10. The van der Waals surface area contributed by atoms with Gasteiger partial charge in [-0.2, -0.15) is 0 Å². The quantitative estimate of drug-likeness (QED) is 0.172. The molecule has 1 unspecified atom stereocenters. The molecule has 200 valence electrons. The summed E-state index contributed by atoms with van der Waals surface area (Å²) in [4.78, 5) is 41.7. The van der Waals surface area contributed by atoms with Gasteiger partial charge in [-0.05, 0) is 65.4 Å². The molecule has 5 rings (SSSR count). The number of carbonyl (C=O) groups excluding carboxylic acids is 2. The first-order valence-electron chi connectivity index (χ1n) is 13.1. The van der Waals surface area contributed by atoms with Crippen LogP contribution in [0.5, 0.6) is 0 Å². The number of halogens is 1. The van der Waals surface area contributed by atoms with Gasteiger partial charge in [-0.1, -0.05) is 74.3 Å². The number of anilines is 1. The summed E-state index contributed by atoms with van der Waals surface area (Å²) in [5.74, 6) is -0.785. The highest BCUT2D eigenvalue weighted by Crippen LogP contribution is 2.42. The zero-order valence-electron chi connectivity index (χ0n) is 22.4. The summed E-state index contributed by atoms with van der Waals surface area (Å²) in [5, 5.41) is 0.402. The Morgan fingerprint density at radius 3 is 2.33 bits per heavy atom. The van der Waals surface area contributed by atoms with E-state index >= 15 is 0 Å². The lowest BCUT2D eigenvalue weighted by Gasteiger charge is -2.26. The van der Waals surface area contributed by atoms with Crippen LogP contribution < -0.4 is 10.3 Å². The third-order valence-electron chi connectivity index (χ3n) is 7.04. The van der Waals surface area contributed by atoms with E-state index in [2.05, 4.69) is 36.7 Å². The van der Waals surface area contributed by atoms with E-state index in [1.54, 1.807) is 47.4 Å². The van der Waals surface area contributed by atoms with Crippen molar-refractivity contribution in [2.75, 3.05) is 11.5 Å². The van der Waals surface area contributed by atoms with Gasteiger partial charge in [-0.25, -0.2) is 4.79 Å². The van der Waals surface area contributed by atoms with Crippen LogP contribution >= 0.6 is 15.9 Å². The van der Waals surface area contributed by atoms with Gasteiger partial charge >= 0.3 is 5.97 Å². The first-order chi connectivity index (χ1) is 18.6. The number of esters is 1. The number of fused-ring (bicyclic) bond motifs is 2. The van der Waals surface area contributed by atoms with Crippen LogP contribution in [0.2, 0.25) is 0 Å². The first-order valence-corrected chi connectivity index (χ1v) is 13.9. The van der Waals surface area contributed by atoms with E-state index in [4.69, 9.17) is 9.15 Å². The molecule has 0 saturated heterocycles. The van der Waals surface area contributed by atoms with Crippen LogP contribution in [0.15, 0.2) is 80.4 Å². The summed E-state index contributed by atoms with van der Waals surface area (Å²) in [6.45, 7) is 8.80. The molecular weight excluding hydrogens is 558 g/mol. The van der Waals surface area contributed by atoms with Gasteiger partial charge in [-0.3, -0.25) is 14.5 Å². The maximum Gasteiger partial charge on any atom is 0.338 e. The van der Waals surface area contributed by atoms with Crippen molar-refractivity contribution in [2.45, 2.75) is 52.0 Å². The van der Waals surface area contributed by atoms with Crippen LogP contribution in [0.3, 0.4) is 0 Å². The number of carbonyl (C=O) groups is 2. The van der Waals surface area contributed by atoms with Gasteiger partial charge in [0, 0.05) is 10.2 Å². The lowest BCUT2D eigenvalue weighted by molar-refractivity contribution is 0.0499. The van der Waals surface area contributed by atoms with E-state index in [1.165, 1.54) is 0 Å². The highest BCUT2D eigenvalue weighted by Gasteiger charge is 2.43. The summed E-state index contributed by atoms with van der Waals surface area (Å²) in [6, 6.07) is 19.2. The number of amides is 1. The molecule has 7 heteroatoms. The number of nitrogens with zero attached hydrogens (tertiary/aromatic N) is 1. The molecule has 6 nitrogen and oxygen atoms in total. The van der Waals surface area contributed by atoms with E-state index in [-0.39, 0.29) is 16.6 Å². The number of benzene rings is 3. The smallest absolute Gasteiger partial charge is 0.338 e. The van der Waals surface area contributed by atoms with E-state index in [0.29, 0.717) is 34.4 Å². The number of hydrogen-bond donors (Lipinski definition) is 0. The van der Waals surface area contributed by atoms with Crippen molar-refractivity contribution in [3.05, 3.63) is 109 Å². The summed E-state index contributed by atoms with van der Waals surface area (Å²) in [5.41, 5.74) is 3.24. The zero-order valence-corrected chi connectivity index (χ0v) is 24.0. The van der Waals surface area contributed by atoms with Gasteiger partial charge in [0.05, 0.1) is 29.2 Å². The van der Waals surface area contributed by atoms with Crippen LogP contribution in [0.1, 0.15) is 84.2 Å². The lowest BCUT2D eigenvalue weighted by atomic mass is 9.86. The Kier molecular flexibility index (Phi) is 7.21. The van der Waals surface area contributed by atoms with E-state index < -0.39 is 17.9 Å². The highest BCUT2D eigenvalue weighted by atomic mass is 79.9. The molecule has 0 N–H and O–H groups in total. The van der Waals surface area contributed by atoms with Gasteiger partial charge in [0.15, 0.2) is 5.43 Å². The van der Waals surface area contributed by atoms with E-state index in [9.17, 15) is 14.4 Å². The minimum atomic E-state index is -0.691. The Morgan fingerprint density at radius 2 is 1.69 bits per heavy atom. The van der Waals surface area contributed by atoms with Crippen molar-refractivity contribution in [3.63, 3.8) is 0 Å². The van der Waals surface area contributed by atoms with E-state index in [1.807, 2.05) is 31.2 Å². The molecule has 0 saturated carbocycles. The monoisotopic (exact) mass is 587 g/mol. The van der Waals surface area contributed by atoms with Gasteiger partial charge in [0.2, 0.25) is 5.76 Å². The Morgan fingerprint density at radius 1 is 1.00 bits per heavy atom. The van der Waals surface area contributed by atoms with Gasteiger partial charge < -0.3 is 9.15 Å². The van der Waals surface area contributed by atoms with Crippen molar-refractivity contribution in [2.24, 2.45) is 0 Å². The molecule has 1 aliphatic rings. The van der Waals surface area contributed by atoms with Crippen LogP contribution in [0.4, 0.5) is 5.69 Å². The second kappa shape index (κ2) is 10.5. The SMILES string of the molecule is CCCCOC(=O)c1ccc(N2C(=O)c3oc4ccc(Br)cc4c(=O)c3C2c2ccc(C(C)(C)C)cc2)cc1. The molecule has 1 atom stereocenters. The number of hydrogen-bond acceptors (Lipinski definition) is 5. The average molecular weight is 588 g/mol. The van der Waals surface area contributed by atoms with Gasteiger partial charge in [0.25, 0.3) is 5.91 Å². The fourth-order valence-electron chi connectivity index (χ4n) is 4.84. The lowest BCUT2D eigenvalue weighted by Crippen LogP contribution is -2.29. The van der Waals surface area contributed by atoms with Gasteiger partial charge in [-0.15, -0.1) is 0 Å². The van der Waals surface area contributed by atoms with Gasteiger partial charge in [0.1, 0.15) is 5.58 Å². The molecule has 39 heavy (non-hydrogen) atoms. The molecule has 0 fully saturated rings. The van der Waals surface area contributed by atoms with Crippen molar-refractivity contribution < 1.29 is 18.7 Å². The maximum absolute atomic E-state index is 13.9. The zero-order chi connectivity index (χ0) is 27.9. The molecule has 0 bridgehead atoms. The van der Waals surface area contributed by atoms with Crippen molar-refractivity contribution in [1.29, 1.82) is 0 Å². The predicted molar refractivity (Wildman–Crippen MR) is 156 cm³/mol. The average Bonchev–Trinajstić information content (AvgIpc) is 3.21. The molecular formula is C32H30BrNO5. The Labute approximate surface area is 235 Å². The summed E-state index contributed by atoms with van der Waals surface area (Å²) in [6.07, 6.45) is 1.73. The second-order valence-electron chi connectivity index (χ2n) is 10.8. The standard InChI is InChI=1S/C32H30BrNO5/c1-5-6-17-38-31(37)20-9-14-23(15-10-20)34-27(19-7-11-21(12-8-19)32(2,3)4)26-28(35)24-18-22(33)13-16-25(24)39-29(26)30(34)36/h7-16,18,27H,5-6,17H2,1-4H3. The Bertz CT molecular complexity index is 1610. The molecule has 1 aromatic heterocycles. The third kappa shape index (κ3) is 5.03. The maximum atomic E-state index is 13.9. The molecule has 4 aromatic rings. The van der Waals surface area contributed by atoms with Crippen LogP contribution in [0.25, 0.3) is 11.0 Å². The van der Waals surface area contributed by atoms with Crippen LogP contribution in [-0.2, 0) is 10.2 Å². The fraction of sp³-hybridized carbons (Fsp3) is 0.281. The van der Waals surface area contributed by atoms with Crippen molar-refractivity contribution in [1.82, 2.24) is 0 Å². The predicted octanol–water partition coefficient (Wildman–Crippen LogP) is 7.56. The fourth-order valence-corrected chi connectivity index (χ4v) is 5.20. The van der Waals surface area contributed by atoms with Crippen molar-refractivity contribution in [3.8, 4) is 0 Å². The topological polar surface area (TPSA) is 76.8 Å². The Hall–Kier alpha value is -3.71. The minimum Gasteiger partial charge on any atom is -0.462 e. The number of rotatable bonds is 6. The Balaban J connectivity index is 1.62. The molecule has 3 aromatic carbocycles. The molecule has 0 radical (unpaired) electrons. The molecule has 0 spiro atoms.